The van der Waals surface area contributed by atoms with Gasteiger partial charge < -0.3 is 15.3 Å². The van der Waals surface area contributed by atoms with Crippen LogP contribution in [-0.2, 0) is 9.59 Å². The molecule has 0 aromatic rings. The third kappa shape index (κ3) is 2.28. The van der Waals surface area contributed by atoms with Crippen molar-refractivity contribution in [2.75, 3.05) is 0 Å². The lowest BCUT2D eigenvalue weighted by atomic mass is 9.47. The van der Waals surface area contributed by atoms with Crippen molar-refractivity contribution in [3.63, 3.8) is 0 Å². The number of ketones is 2. The molecule has 0 aliphatic heterocycles. The number of rotatable bonds is 1. The first kappa shape index (κ1) is 18.3. The van der Waals surface area contributed by atoms with E-state index in [1.807, 2.05) is 20.8 Å². The molecule has 0 bridgehead atoms. The van der Waals surface area contributed by atoms with Crippen LogP contribution in [0.4, 0.5) is 0 Å². The number of carbonyl (C=O) groups is 2. The van der Waals surface area contributed by atoms with Gasteiger partial charge in [0.2, 0.25) is 11.6 Å². The molecule has 0 heterocycles. The molecule has 5 nitrogen and oxygen atoms in total. The molecule has 5 heteroatoms. The predicted molar refractivity (Wildman–Crippen MR) is 92.8 cm³/mol. The Hall–Kier alpha value is -1.46. The third-order valence-corrected chi connectivity index (χ3v) is 6.61. The fourth-order valence-electron chi connectivity index (χ4n) is 5.68. The molecule has 25 heavy (non-hydrogen) atoms. The molecule has 3 aliphatic carbocycles. The van der Waals surface area contributed by atoms with E-state index in [0.717, 1.165) is 12.8 Å². The number of aliphatic hydroxyl groups excluding tert-OH is 3. The van der Waals surface area contributed by atoms with Gasteiger partial charge in [-0.3, -0.25) is 9.59 Å². The molecule has 0 spiro atoms. The molecule has 3 N–H and O–H groups in total. The van der Waals surface area contributed by atoms with E-state index in [9.17, 15) is 24.9 Å². The van der Waals surface area contributed by atoms with Gasteiger partial charge in [-0.2, -0.15) is 0 Å². The molecule has 0 unspecified atom stereocenters. The molecule has 3 aliphatic rings. The largest absolute Gasteiger partial charge is 0.507 e. The number of allylic oxidation sites excluding steroid dienone is 2. The first-order valence-electron chi connectivity index (χ1n) is 9.08. The van der Waals surface area contributed by atoms with Crippen LogP contribution < -0.4 is 0 Å². The van der Waals surface area contributed by atoms with Crippen molar-refractivity contribution >= 4 is 11.6 Å². The Balaban J connectivity index is 2.32. The van der Waals surface area contributed by atoms with Gasteiger partial charge in [0, 0.05) is 28.1 Å². The molecule has 138 valence electrons. The second-order valence-electron chi connectivity index (χ2n) is 9.04. The van der Waals surface area contributed by atoms with Crippen molar-refractivity contribution in [2.24, 2.45) is 22.7 Å². The Bertz CT molecular complexity index is 712. The minimum atomic E-state index is -1.36. The van der Waals surface area contributed by atoms with E-state index in [1.54, 1.807) is 13.8 Å². The van der Waals surface area contributed by atoms with E-state index in [4.69, 9.17) is 0 Å². The number of Topliss-reactive ketones (excluding diaryl/α,β-unsaturated/α-hetero) is 2. The van der Waals surface area contributed by atoms with Crippen LogP contribution in [0.1, 0.15) is 53.9 Å². The minimum Gasteiger partial charge on any atom is -0.507 e. The van der Waals surface area contributed by atoms with Crippen LogP contribution in [0.5, 0.6) is 0 Å². The van der Waals surface area contributed by atoms with Gasteiger partial charge in [-0.1, -0.05) is 41.0 Å². The molecular formula is C20H28O5. The summed E-state index contributed by atoms with van der Waals surface area (Å²) in [5, 5.41) is 32.4. The molecule has 0 aromatic heterocycles. The van der Waals surface area contributed by atoms with Crippen LogP contribution in [0, 0.1) is 22.7 Å². The Morgan fingerprint density at radius 3 is 2.20 bits per heavy atom. The van der Waals surface area contributed by atoms with Crippen molar-refractivity contribution < 1.29 is 24.9 Å². The first-order chi connectivity index (χ1) is 11.4. The van der Waals surface area contributed by atoms with Crippen molar-refractivity contribution in [1.29, 1.82) is 0 Å². The van der Waals surface area contributed by atoms with Gasteiger partial charge in [0.1, 0.15) is 11.9 Å². The summed E-state index contributed by atoms with van der Waals surface area (Å²) in [5.74, 6) is -2.33. The summed E-state index contributed by atoms with van der Waals surface area (Å²) in [6.45, 7) is 9.40. The van der Waals surface area contributed by atoms with Crippen LogP contribution in [0.3, 0.4) is 0 Å². The highest BCUT2D eigenvalue weighted by Crippen LogP contribution is 2.61. The highest BCUT2D eigenvalue weighted by atomic mass is 16.3. The fraction of sp³-hybridized carbons (Fsp3) is 0.700. The highest BCUT2D eigenvalue weighted by molar-refractivity contribution is 6.50. The van der Waals surface area contributed by atoms with Crippen LogP contribution in [0.2, 0.25) is 0 Å². The number of carbonyl (C=O) groups excluding carboxylic acids is 2. The number of fused-ring (bicyclic) bond motifs is 2. The summed E-state index contributed by atoms with van der Waals surface area (Å²) in [5.41, 5.74) is -0.703. The van der Waals surface area contributed by atoms with E-state index in [0.29, 0.717) is 6.42 Å². The molecular weight excluding hydrogens is 320 g/mol. The van der Waals surface area contributed by atoms with Crippen molar-refractivity contribution in [3.05, 3.63) is 22.5 Å². The molecule has 4 atom stereocenters. The van der Waals surface area contributed by atoms with Gasteiger partial charge in [0.25, 0.3) is 0 Å². The number of hydrogen-bond acceptors (Lipinski definition) is 5. The molecule has 0 radical (unpaired) electrons. The van der Waals surface area contributed by atoms with Crippen LogP contribution in [-0.4, -0.2) is 39.1 Å². The summed E-state index contributed by atoms with van der Waals surface area (Å²) in [4.78, 5) is 25.7. The molecule has 1 saturated carbocycles. The fourth-order valence-corrected chi connectivity index (χ4v) is 5.68. The zero-order valence-electron chi connectivity index (χ0n) is 15.6. The Labute approximate surface area is 148 Å². The van der Waals surface area contributed by atoms with Gasteiger partial charge in [0.15, 0.2) is 0 Å². The lowest BCUT2D eigenvalue weighted by molar-refractivity contribution is -0.141. The standard InChI is InChI=1S/C20H28O5/c1-9(2)10-13(21)11-12(16(24)14(10)22)20(5)8-6-7-19(3,4)18(20)17(25)15(11)23/h9,15,17-18,21,23,25H,6-8H2,1-5H3/t15-,17+,18-,20+/m0/s1. The quantitative estimate of drug-likeness (QED) is 0.500. The lowest BCUT2D eigenvalue weighted by Gasteiger charge is -2.57. The van der Waals surface area contributed by atoms with E-state index in [1.165, 1.54) is 0 Å². The van der Waals surface area contributed by atoms with Gasteiger partial charge >= 0.3 is 0 Å². The van der Waals surface area contributed by atoms with Crippen molar-refractivity contribution in [1.82, 2.24) is 0 Å². The van der Waals surface area contributed by atoms with E-state index >= 15 is 0 Å². The van der Waals surface area contributed by atoms with Crippen LogP contribution in [0.25, 0.3) is 0 Å². The maximum absolute atomic E-state index is 13.0. The third-order valence-electron chi connectivity index (χ3n) is 6.61. The average molecular weight is 348 g/mol. The topological polar surface area (TPSA) is 94.8 Å². The summed E-state index contributed by atoms with van der Waals surface area (Å²) >= 11 is 0. The molecule has 0 aromatic carbocycles. The zero-order chi connectivity index (χ0) is 18.9. The van der Waals surface area contributed by atoms with Crippen LogP contribution >= 0.6 is 0 Å². The van der Waals surface area contributed by atoms with Crippen LogP contribution in [0.15, 0.2) is 22.5 Å². The molecule has 1 fully saturated rings. The minimum absolute atomic E-state index is 0.0344. The van der Waals surface area contributed by atoms with Crippen molar-refractivity contribution in [3.8, 4) is 0 Å². The monoisotopic (exact) mass is 348 g/mol. The van der Waals surface area contributed by atoms with E-state index < -0.39 is 29.2 Å². The zero-order valence-corrected chi connectivity index (χ0v) is 15.6. The Morgan fingerprint density at radius 2 is 1.64 bits per heavy atom. The van der Waals surface area contributed by atoms with Gasteiger partial charge in [0.05, 0.1) is 6.10 Å². The SMILES string of the molecule is CC(C)C1=C(O)C2=C(C(=O)C1=O)[C@@]1(C)CCCC(C)(C)[C@@H]1[C@H](O)[C@H]2O. The number of hydrogen-bond donors (Lipinski definition) is 3. The van der Waals surface area contributed by atoms with Crippen molar-refractivity contribution in [2.45, 2.75) is 66.1 Å². The Kier molecular flexibility index (Phi) is 4.05. The predicted octanol–water partition coefficient (Wildman–Crippen LogP) is 2.47. The Morgan fingerprint density at radius 1 is 1.04 bits per heavy atom. The molecule has 3 rings (SSSR count). The first-order valence-corrected chi connectivity index (χ1v) is 9.08. The summed E-state index contributed by atoms with van der Waals surface area (Å²) < 4.78 is 0. The maximum atomic E-state index is 13.0. The van der Waals surface area contributed by atoms with E-state index in [2.05, 4.69) is 0 Å². The molecule has 0 amide bonds. The highest BCUT2D eigenvalue weighted by Gasteiger charge is 2.61. The second-order valence-corrected chi connectivity index (χ2v) is 9.04. The smallest absolute Gasteiger partial charge is 0.233 e. The number of aliphatic hydroxyl groups is 3. The van der Waals surface area contributed by atoms with E-state index in [-0.39, 0.29) is 39.7 Å². The van der Waals surface area contributed by atoms with Gasteiger partial charge in [-0.25, -0.2) is 0 Å². The summed E-state index contributed by atoms with van der Waals surface area (Å²) in [7, 11) is 0. The normalized spacial score (nSPS) is 38.2. The molecule has 0 saturated heterocycles. The lowest BCUT2D eigenvalue weighted by Crippen LogP contribution is -2.59. The summed E-state index contributed by atoms with van der Waals surface area (Å²) in [6.07, 6.45) is -0.0666. The van der Waals surface area contributed by atoms with Gasteiger partial charge in [-0.15, -0.1) is 0 Å². The maximum Gasteiger partial charge on any atom is 0.233 e. The second kappa shape index (κ2) is 5.52. The van der Waals surface area contributed by atoms with Gasteiger partial charge in [-0.05, 0) is 24.2 Å². The average Bonchev–Trinajstić information content (AvgIpc) is 2.47. The summed E-state index contributed by atoms with van der Waals surface area (Å²) in [6, 6.07) is 0.